The first-order chi connectivity index (χ1) is 12.6. The van der Waals surface area contributed by atoms with Crippen molar-refractivity contribution in [1.82, 2.24) is 14.6 Å². The number of halogens is 2. The van der Waals surface area contributed by atoms with E-state index in [2.05, 4.69) is 42.0 Å². The average Bonchev–Trinajstić information content (AvgIpc) is 3.29. The van der Waals surface area contributed by atoms with Crippen molar-refractivity contribution in [2.45, 2.75) is 6.42 Å². The quantitative estimate of drug-likeness (QED) is 0.176. The van der Waals surface area contributed by atoms with Crippen LogP contribution in [0.1, 0.15) is 12.1 Å². The maximum Gasteiger partial charge on any atom is 0.203 e. The van der Waals surface area contributed by atoms with Crippen LogP contribution in [0.5, 0.6) is 0 Å². The lowest BCUT2D eigenvalue weighted by atomic mass is 10.1. The smallest absolute Gasteiger partial charge is 0.203 e. The molecule has 1 fully saturated rings. The molecule has 26 heavy (non-hydrogen) atoms. The van der Waals surface area contributed by atoms with Crippen LogP contribution >= 0.6 is 15.9 Å². The summed E-state index contributed by atoms with van der Waals surface area (Å²) in [4.78, 5) is 0. The third kappa shape index (κ3) is 4.37. The van der Waals surface area contributed by atoms with Crippen molar-refractivity contribution in [3.63, 3.8) is 0 Å². The van der Waals surface area contributed by atoms with Gasteiger partial charge in [0.25, 0.3) is 0 Å². The molecule has 1 aromatic carbocycles. The van der Waals surface area contributed by atoms with Gasteiger partial charge in [-0.15, -0.1) is 0 Å². The first-order valence-corrected chi connectivity index (χ1v) is 9.25. The van der Waals surface area contributed by atoms with E-state index >= 15 is 0 Å². The van der Waals surface area contributed by atoms with Gasteiger partial charge in [-0.3, -0.25) is 0 Å². The minimum absolute atomic E-state index is 0.00150. The first-order valence-electron chi connectivity index (χ1n) is 7.70. The molecule has 0 radical (unpaired) electrons. The maximum absolute atomic E-state index is 13.3. The van der Waals surface area contributed by atoms with Crippen LogP contribution in [0.4, 0.5) is 15.9 Å². The summed E-state index contributed by atoms with van der Waals surface area (Å²) < 4.78 is 31.0. The summed E-state index contributed by atoms with van der Waals surface area (Å²) >= 11 is 3.12. The molecule has 1 saturated heterocycles. The second-order valence-electron chi connectivity index (χ2n) is 5.69. The summed E-state index contributed by atoms with van der Waals surface area (Å²) in [6.07, 6.45) is 0.908. The molecule has 2 heterocycles. The molecule has 2 aromatic rings. The second-order valence-corrected chi connectivity index (χ2v) is 7.28. The van der Waals surface area contributed by atoms with E-state index in [1.807, 2.05) is 4.31 Å². The third-order valence-corrected chi connectivity index (χ3v) is 5.14. The van der Waals surface area contributed by atoms with Crippen LogP contribution in [0.2, 0.25) is 0 Å². The van der Waals surface area contributed by atoms with Gasteiger partial charge in [-0.25, -0.2) is 17.5 Å². The van der Waals surface area contributed by atoms with E-state index in [0.717, 1.165) is 13.0 Å². The Morgan fingerprint density at radius 3 is 3.08 bits per heavy atom. The molecule has 1 aliphatic heterocycles. The molecule has 0 saturated carbocycles. The largest absolute Gasteiger partial charge is 0.409 e. The van der Waals surface area contributed by atoms with Gasteiger partial charge in [0, 0.05) is 25.3 Å². The number of rotatable bonds is 6. The highest BCUT2D eigenvalue weighted by Gasteiger charge is 2.24. The fourth-order valence-electron chi connectivity index (χ4n) is 2.60. The third-order valence-electron chi connectivity index (χ3n) is 3.93. The minimum Gasteiger partial charge on any atom is -0.409 e. The Morgan fingerprint density at radius 2 is 2.38 bits per heavy atom. The van der Waals surface area contributed by atoms with E-state index in [0.29, 0.717) is 30.5 Å². The molecule has 0 bridgehead atoms. The van der Waals surface area contributed by atoms with Gasteiger partial charge in [0.05, 0.1) is 16.3 Å². The number of thiol groups is 1. The first kappa shape index (κ1) is 18.7. The van der Waals surface area contributed by atoms with Gasteiger partial charge in [-0.05, 0) is 56.8 Å². The fraction of sp³-hybridized carbons (Fsp3) is 0.357. The van der Waals surface area contributed by atoms with Gasteiger partial charge in [0.15, 0.2) is 5.69 Å². The summed E-state index contributed by atoms with van der Waals surface area (Å²) in [5.74, 6) is 0.200. The van der Waals surface area contributed by atoms with Gasteiger partial charge in [-0.2, -0.15) is 0 Å². The zero-order valence-corrected chi connectivity index (χ0v) is 15.9. The van der Waals surface area contributed by atoms with Gasteiger partial charge < -0.3 is 15.8 Å². The van der Waals surface area contributed by atoms with Crippen molar-refractivity contribution in [1.29, 1.82) is 0 Å². The number of nitrogens with zero attached hydrogens (tertiary/aromatic N) is 4. The van der Waals surface area contributed by atoms with Crippen molar-refractivity contribution in [3.8, 4) is 0 Å². The number of oxime groups is 1. The second kappa shape index (κ2) is 8.56. The van der Waals surface area contributed by atoms with Gasteiger partial charge in [-0.1, -0.05) is 5.16 Å². The minimum atomic E-state index is -0.411. The van der Waals surface area contributed by atoms with Crippen LogP contribution in [0.3, 0.4) is 0 Å². The number of hydrogen-bond donors (Lipinski definition) is 4. The van der Waals surface area contributed by atoms with Crippen LogP contribution in [0.15, 0.2) is 32.5 Å². The van der Waals surface area contributed by atoms with E-state index in [1.165, 1.54) is 18.2 Å². The molecule has 1 aliphatic rings. The lowest BCUT2D eigenvalue weighted by molar-refractivity contribution is 0.305. The van der Waals surface area contributed by atoms with E-state index < -0.39 is 5.82 Å². The Balaban J connectivity index is 1.67. The number of amidine groups is 1. The number of anilines is 2. The molecule has 0 aliphatic carbocycles. The zero-order valence-electron chi connectivity index (χ0n) is 13.4. The Bertz CT molecular complexity index is 820. The van der Waals surface area contributed by atoms with E-state index in [1.54, 1.807) is 0 Å². The topological polar surface area (TPSA) is 116 Å². The van der Waals surface area contributed by atoms with Crippen LogP contribution in [-0.4, -0.2) is 49.5 Å². The highest BCUT2D eigenvalue weighted by atomic mass is 79.9. The lowest BCUT2D eigenvalue weighted by Gasteiger charge is -2.11. The molecular formula is C14H16BrFN6O3S. The Morgan fingerprint density at radius 1 is 1.54 bits per heavy atom. The number of nitrogens with one attached hydrogen (secondary N) is 2. The van der Waals surface area contributed by atoms with Crippen molar-refractivity contribution >= 4 is 45.1 Å². The van der Waals surface area contributed by atoms with Crippen LogP contribution in [-0.2, 0) is 11.9 Å². The molecule has 0 spiro atoms. The average molecular weight is 447 g/mol. The highest BCUT2D eigenvalue weighted by molar-refractivity contribution is 9.10. The number of hydrogen-bond acceptors (Lipinski definition) is 7. The summed E-state index contributed by atoms with van der Waals surface area (Å²) in [6, 6.07) is 4.25. The van der Waals surface area contributed by atoms with Crippen molar-refractivity contribution in [2.75, 3.05) is 30.3 Å². The summed E-state index contributed by atoms with van der Waals surface area (Å²) in [7, 11) is 0. The molecule has 0 amide bonds. The van der Waals surface area contributed by atoms with Crippen molar-refractivity contribution in [3.05, 3.63) is 34.2 Å². The molecule has 9 nitrogen and oxygen atoms in total. The predicted octanol–water partition coefficient (Wildman–Crippen LogP) is 1.81. The molecule has 3 rings (SSSR count). The number of benzene rings is 1. The van der Waals surface area contributed by atoms with Crippen molar-refractivity contribution < 1.29 is 18.4 Å². The maximum atomic E-state index is 13.3. The molecule has 1 aromatic heterocycles. The summed E-state index contributed by atoms with van der Waals surface area (Å²) in [6.45, 7) is 2.06. The molecular weight excluding hydrogens is 431 g/mol. The lowest BCUT2D eigenvalue weighted by Crippen LogP contribution is -2.21. The Hall–Kier alpha value is -2.05. The fourth-order valence-corrected chi connectivity index (χ4v) is 3.47. The van der Waals surface area contributed by atoms with E-state index in [4.69, 9.17) is 4.63 Å². The molecule has 3 N–H and O–H groups in total. The summed E-state index contributed by atoms with van der Waals surface area (Å²) in [5.41, 5.74) is 0.672. The van der Waals surface area contributed by atoms with Crippen LogP contribution < -0.4 is 10.6 Å². The Labute approximate surface area is 160 Å². The molecule has 140 valence electrons. The SMILES string of the molecule is O=[SH]N1CCC(CNc2nonc2/C(=N/O)Nc2ccc(F)c(Br)c2)C1. The standard InChI is InChI=1S/C14H16BrFN6O3S/c15-10-5-9(1-2-11(10)16)18-14(19-23)12-13(21-25-20-12)17-6-8-3-4-22(7-8)26-24/h1-2,5,8,23,26H,3-4,6-7H2,(H,17,21)(H,18,19). The van der Waals surface area contributed by atoms with Crippen LogP contribution in [0.25, 0.3) is 0 Å². The number of aromatic nitrogens is 2. The van der Waals surface area contributed by atoms with E-state index in [-0.39, 0.29) is 27.9 Å². The van der Waals surface area contributed by atoms with Gasteiger partial charge in [0.1, 0.15) is 5.82 Å². The van der Waals surface area contributed by atoms with Crippen molar-refractivity contribution in [2.24, 2.45) is 11.1 Å². The Kier molecular flexibility index (Phi) is 6.16. The normalized spacial score (nSPS) is 18.2. The van der Waals surface area contributed by atoms with E-state index in [9.17, 15) is 13.8 Å². The zero-order chi connectivity index (χ0) is 18.5. The highest BCUT2D eigenvalue weighted by Crippen LogP contribution is 2.22. The predicted molar refractivity (Wildman–Crippen MR) is 98.1 cm³/mol. The molecule has 12 heteroatoms. The van der Waals surface area contributed by atoms with Gasteiger partial charge >= 0.3 is 0 Å². The molecule has 1 unspecified atom stereocenters. The monoisotopic (exact) mass is 446 g/mol. The molecule has 1 atom stereocenters. The van der Waals surface area contributed by atoms with Gasteiger partial charge in [0.2, 0.25) is 11.7 Å². The summed E-state index contributed by atoms with van der Waals surface area (Å²) in [5, 5.41) is 26.0. The van der Waals surface area contributed by atoms with Crippen LogP contribution in [0, 0.1) is 11.7 Å².